The molecule has 3 N–H and O–H groups in total. The van der Waals surface area contributed by atoms with Crippen LogP contribution < -0.4 is 25.4 Å². The van der Waals surface area contributed by atoms with E-state index in [0.29, 0.717) is 27.1 Å². The van der Waals surface area contributed by atoms with E-state index >= 15 is 0 Å². The number of aromatic nitrogens is 1. The van der Waals surface area contributed by atoms with Gasteiger partial charge in [0.2, 0.25) is 12.6 Å². The Balaban J connectivity index is 1.09. The van der Waals surface area contributed by atoms with E-state index in [1.54, 1.807) is 18.2 Å². The number of hydrogen-bond acceptors (Lipinski definition) is 9. The lowest BCUT2D eigenvalue weighted by Crippen LogP contribution is -2.47. The molecule has 3 aliphatic rings. The molecule has 1 aromatic heterocycles. The summed E-state index contributed by atoms with van der Waals surface area (Å²) >= 11 is 1.25. The fraction of sp³-hybridized carbons (Fsp3) is 0.360. The molecule has 1 saturated carbocycles. The number of carbonyl (C=O) groups is 1. The summed E-state index contributed by atoms with van der Waals surface area (Å²) in [6.45, 7) is 5.83. The summed E-state index contributed by atoms with van der Waals surface area (Å²) in [5, 5.41) is 3.87. The standard InChI is InChI=1S/C25H27N5O3S/c26-24-23(22(31)17-3-8-20-21(13-17)33-15-32-20)34-25(28-24)27-18-4-6-19(7-5-18)30-11-9-29(10-12-30)14-16-1-2-16/h3-8,13,16H,1-2,9-12,14-15,26H2,(H,27,28). The summed E-state index contributed by atoms with van der Waals surface area (Å²) in [6, 6.07) is 13.5. The number of anilines is 4. The smallest absolute Gasteiger partial charge is 0.231 e. The topological polar surface area (TPSA) is 93.0 Å². The third-order valence-corrected chi connectivity index (χ3v) is 7.55. The number of piperazine rings is 1. The second kappa shape index (κ2) is 8.81. The molecule has 8 nitrogen and oxygen atoms in total. The first-order valence-corrected chi connectivity index (χ1v) is 12.5. The molecule has 0 radical (unpaired) electrons. The summed E-state index contributed by atoms with van der Waals surface area (Å²) < 4.78 is 10.7. The number of thiazole rings is 1. The highest BCUT2D eigenvalue weighted by atomic mass is 32.1. The minimum atomic E-state index is -0.183. The largest absolute Gasteiger partial charge is 0.454 e. The maximum atomic E-state index is 13.0. The Kier molecular flexibility index (Phi) is 5.50. The van der Waals surface area contributed by atoms with Crippen molar-refractivity contribution in [1.29, 1.82) is 0 Å². The first kappa shape index (κ1) is 21.2. The lowest BCUT2D eigenvalue weighted by atomic mass is 10.1. The lowest BCUT2D eigenvalue weighted by Gasteiger charge is -2.36. The van der Waals surface area contributed by atoms with Crippen molar-refractivity contribution >= 4 is 39.4 Å². The van der Waals surface area contributed by atoms with Gasteiger partial charge in [0, 0.05) is 49.7 Å². The number of ether oxygens (including phenoxy) is 2. The third kappa shape index (κ3) is 4.41. The van der Waals surface area contributed by atoms with Crippen LogP contribution in [-0.4, -0.2) is 55.2 Å². The molecule has 0 atom stereocenters. The van der Waals surface area contributed by atoms with Crippen LogP contribution in [0.15, 0.2) is 42.5 Å². The molecule has 2 fully saturated rings. The Morgan fingerprint density at radius 3 is 2.59 bits per heavy atom. The Hall–Kier alpha value is -3.30. The fourth-order valence-corrected chi connectivity index (χ4v) is 5.32. The Morgan fingerprint density at radius 2 is 1.82 bits per heavy atom. The monoisotopic (exact) mass is 477 g/mol. The zero-order valence-electron chi connectivity index (χ0n) is 18.8. The van der Waals surface area contributed by atoms with Crippen LogP contribution in [0.5, 0.6) is 11.5 Å². The van der Waals surface area contributed by atoms with E-state index < -0.39 is 0 Å². The number of carbonyl (C=O) groups excluding carboxylic acids is 1. The normalized spacial score (nSPS) is 17.7. The molecule has 0 bridgehead atoms. The van der Waals surface area contributed by atoms with Crippen LogP contribution in [-0.2, 0) is 0 Å². The van der Waals surface area contributed by atoms with Crippen LogP contribution >= 0.6 is 11.3 Å². The number of fused-ring (bicyclic) bond motifs is 1. The number of rotatable bonds is 7. The van der Waals surface area contributed by atoms with Crippen LogP contribution in [0.1, 0.15) is 28.1 Å². The predicted octanol–water partition coefficient (Wildman–Crippen LogP) is 3.96. The molecule has 34 heavy (non-hydrogen) atoms. The van der Waals surface area contributed by atoms with Crippen molar-refractivity contribution in [2.75, 3.05) is 55.5 Å². The second-order valence-electron chi connectivity index (χ2n) is 9.03. The Morgan fingerprint density at radius 1 is 1.06 bits per heavy atom. The summed E-state index contributed by atoms with van der Waals surface area (Å²) in [5.74, 6) is 2.19. The van der Waals surface area contributed by atoms with Crippen LogP contribution in [0.25, 0.3) is 0 Å². The number of nitrogen functional groups attached to an aromatic ring is 1. The summed E-state index contributed by atoms with van der Waals surface area (Å²) in [6.07, 6.45) is 2.82. The highest BCUT2D eigenvalue weighted by molar-refractivity contribution is 7.18. The number of ketones is 1. The zero-order valence-corrected chi connectivity index (χ0v) is 19.6. The highest BCUT2D eigenvalue weighted by Crippen LogP contribution is 2.35. The quantitative estimate of drug-likeness (QED) is 0.494. The van der Waals surface area contributed by atoms with E-state index in [-0.39, 0.29) is 18.4 Å². The molecular formula is C25H27N5O3S. The Labute approximate surface area is 202 Å². The maximum Gasteiger partial charge on any atom is 0.231 e. The molecule has 3 heterocycles. The summed E-state index contributed by atoms with van der Waals surface area (Å²) in [5.41, 5.74) is 8.72. The number of nitrogens with two attached hydrogens (primary N) is 1. The van der Waals surface area contributed by atoms with Gasteiger partial charge in [-0.2, -0.15) is 0 Å². The molecule has 1 aliphatic carbocycles. The van der Waals surface area contributed by atoms with Crippen LogP contribution in [0.2, 0.25) is 0 Å². The fourth-order valence-electron chi connectivity index (χ4n) is 4.45. The Bertz CT molecular complexity index is 1200. The SMILES string of the molecule is Nc1nc(Nc2ccc(N3CCN(CC4CC4)CC3)cc2)sc1C(=O)c1ccc2c(c1)OCO2. The molecule has 9 heteroatoms. The van der Waals surface area contributed by atoms with Crippen molar-refractivity contribution in [3.63, 3.8) is 0 Å². The molecular weight excluding hydrogens is 450 g/mol. The first-order valence-electron chi connectivity index (χ1n) is 11.7. The van der Waals surface area contributed by atoms with Gasteiger partial charge < -0.3 is 25.4 Å². The van der Waals surface area contributed by atoms with Gasteiger partial charge >= 0.3 is 0 Å². The minimum Gasteiger partial charge on any atom is -0.454 e. The van der Waals surface area contributed by atoms with E-state index in [1.165, 1.54) is 36.4 Å². The van der Waals surface area contributed by atoms with E-state index in [1.807, 2.05) is 12.1 Å². The van der Waals surface area contributed by atoms with Crippen molar-refractivity contribution in [2.24, 2.45) is 5.92 Å². The van der Waals surface area contributed by atoms with Gasteiger partial charge in [-0.05, 0) is 61.2 Å². The van der Waals surface area contributed by atoms with Gasteiger partial charge in [0.05, 0.1) is 0 Å². The van der Waals surface area contributed by atoms with Gasteiger partial charge in [0.1, 0.15) is 10.7 Å². The van der Waals surface area contributed by atoms with E-state index in [4.69, 9.17) is 15.2 Å². The lowest BCUT2D eigenvalue weighted by molar-refractivity contribution is 0.104. The van der Waals surface area contributed by atoms with Gasteiger partial charge in [-0.3, -0.25) is 9.69 Å². The van der Waals surface area contributed by atoms with E-state index in [9.17, 15) is 4.79 Å². The van der Waals surface area contributed by atoms with Gasteiger partial charge in [-0.25, -0.2) is 4.98 Å². The molecule has 3 aromatic rings. The number of hydrogen-bond donors (Lipinski definition) is 2. The van der Waals surface area contributed by atoms with Crippen molar-refractivity contribution in [1.82, 2.24) is 9.88 Å². The third-order valence-electron chi connectivity index (χ3n) is 6.56. The first-order chi connectivity index (χ1) is 16.6. The minimum absolute atomic E-state index is 0.166. The van der Waals surface area contributed by atoms with Crippen molar-refractivity contribution in [2.45, 2.75) is 12.8 Å². The molecule has 1 saturated heterocycles. The average molecular weight is 478 g/mol. The molecule has 0 spiro atoms. The van der Waals surface area contributed by atoms with Crippen molar-refractivity contribution < 1.29 is 14.3 Å². The zero-order chi connectivity index (χ0) is 23.1. The van der Waals surface area contributed by atoms with Crippen molar-refractivity contribution in [3.8, 4) is 11.5 Å². The van der Waals surface area contributed by atoms with Crippen LogP contribution in [0.4, 0.5) is 22.3 Å². The number of benzene rings is 2. The predicted molar refractivity (Wildman–Crippen MR) is 134 cm³/mol. The van der Waals surface area contributed by atoms with Crippen LogP contribution in [0.3, 0.4) is 0 Å². The number of nitrogens with zero attached hydrogens (tertiary/aromatic N) is 3. The van der Waals surface area contributed by atoms with E-state index in [0.717, 1.165) is 37.8 Å². The van der Waals surface area contributed by atoms with Gasteiger partial charge in [0.25, 0.3) is 0 Å². The molecule has 6 rings (SSSR count). The summed E-state index contributed by atoms with van der Waals surface area (Å²) in [4.78, 5) is 22.8. The molecule has 176 valence electrons. The summed E-state index contributed by atoms with van der Waals surface area (Å²) in [7, 11) is 0. The average Bonchev–Trinajstić information content (AvgIpc) is 3.41. The molecule has 2 aromatic carbocycles. The van der Waals surface area contributed by atoms with Crippen molar-refractivity contribution in [3.05, 3.63) is 52.9 Å². The molecule has 2 aliphatic heterocycles. The van der Waals surface area contributed by atoms with Crippen LogP contribution in [0, 0.1) is 5.92 Å². The van der Waals surface area contributed by atoms with Gasteiger partial charge in [-0.15, -0.1) is 0 Å². The van der Waals surface area contributed by atoms with Gasteiger partial charge in [-0.1, -0.05) is 11.3 Å². The molecule has 0 amide bonds. The van der Waals surface area contributed by atoms with E-state index in [2.05, 4.69) is 32.2 Å². The highest BCUT2D eigenvalue weighted by Gasteiger charge is 2.26. The second-order valence-corrected chi connectivity index (χ2v) is 10.0. The van der Waals surface area contributed by atoms with Gasteiger partial charge in [0.15, 0.2) is 16.6 Å². The maximum absolute atomic E-state index is 13.0. The molecule has 0 unspecified atom stereocenters. The number of nitrogens with one attached hydrogen (secondary N) is 1.